The molecular weight excluding hydrogens is 510 g/mol. The predicted octanol–water partition coefficient (Wildman–Crippen LogP) is 3.47. The van der Waals surface area contributed by atoms with Crippen LogP contribution in [0.4, 0.5) is 4.79 Å². The topological polar surface area (TPSA) is 119 Å². The Kier molecular flexibility index (Phi) is 8.19. The van der Waals surface area contributed by atoms with Gasteiger partial charge in [-0.05, 0) is 47.9 Å². The molecule has 210 valence electrons. The number of piperidine rings is 2. The number of carbonyl (C=O) groups is 4. The number of benzene rings is 2. The monoisotopic (exact) mass is 545 g/mol. The zero-order valence-electron chi connectivity index (χ0n) is 22.5. The van der Waals surface area contributed by atoms with Gasteiger partial charge in [0.05, 0.1) is 5.92 Å². The molecule has 2 fully saturated rings. The molecule has 0 aromatic heterocycles. The largest absolute Gasteiger partial charge is 0.461 e. The maximum absolute atomic E-state index is 13.4. The minimum Gasteiger partial charge on any atom is -0.461 e. The van der Waals surface area contributed by atoms with Crippen molar-refractivity contribution in [1.82, 2.24) is 9.80 Å². The highest BCUT2D eigenvalue weighted by atomic mass is 16.6. The Morgan fingerprint density at radius 1 is 0.875 bits per heavy atom. The van der Waals surface area contributed by atoms with Gasteiger partial charge in [0.1, 0.15) is 19.3 Å². The van der Waals surface area contributed by atoms with Crippen molar-refractivity contribution in [2.24, 2.45) is 17.6 Å². The van der Waals surface area contributed by atoms with Crippen LogP contribution >= 0.6 is 0 Å². The summed E-state index contributed by atoms with van der Waals surface area (Å²) in [6, 6.07) is 15.5. The highest BCUT2D eigenvalue weighted by Gasteiger charge is 2.41. The fourth-order valence-corrected chi connectivity index (χ4v) is 6.20. The number of hydrogen-bond acceptors (Lipinski definition) is 6. The SMILES string of the molecule is C=CCOC(=O)C1CCN(C(=O)C2CCN(C(=O)OCC3c4ccccc4-c4ccccc43)CC2)C(C(N)=O)C1. The van der Waals surface area contributed by atoms with Crippen molar-refractivity contribution in [2.45, 2.75) is 37.6 Å². The van der Waals surface area contributed by atoms with Crippen LogP contribution in [0.1, 0.15) is 42.7 Å². The van der Waals surface area contributed by atoms with Gasteiger partial charge in [-0.2, -0.15) is 0 Å². The molecule has 9 heteroatoms. The summed E-state index contributed by atoms with van der Waals surface area (Å²) < 4.78 is 10.9. The van der Waals surface area contributed by atoms with E-state index < -0.39 is 23.8 Å². The first-order chi connectivity index (χ1) is 19.4. The quantitative estimate of drug-likeness (QED) is 0.420. The first-order valence-corrected chi connectivity index (χ1v) is 13.9. The third-order valence-corrected chi connectivity index (χ3v) is 8.33. The smallest absolute Gasteiger partial charge is 0.409 e. The van der Waals surface area contributed by atoms with Gasteiger partial charge in [0.25, 0.3) is 0 Å². The molecule has 0 radical (unpaired) electrons. The van der Waals surface area contributed by atoms with Gasteiger partial charge >= 0.3 is 12.1 Å². The summed E-state index contributed by atoms with van der Waals surface area (Å²) in [6.07, 6.45) is 2.59. The average molecular weight is 546 g/mol. The van der Waals surface area contributed by atoms with Crippen LogP contribution in [-0.2, 0) is 23.9 Å². The Hall–Kier alpha value is -4.14. The lowest BCUT2D eigenvalue weighted by atomic mass is 9.87. The van der Waals surface area contributed by atoms with E-state index in [2.05, 4.69) is 30.8 Å². The summed E-state index contributed by atoms with van der Waals surface area (Å²) >= 11 is 0. The normalized spacial score (nSPS) is 20.8. The van der Waals surface area contributed by atoms with Gasteiger partial charge in [-0.1, -0.05) is 61.2 Å². The number of ether oxygens (including phenoxy) is 2. The van der Waals surface area contributed by atoms with Crippen molar-refractivity contribution < 1.29 is 28.7 Å². The van der Waals surface area contributed by atoms with Gasteiger partial charge in [-0.15, -0.1) is 0 Å². The van der Waals surface area contributed by atoms with Crippen LogP contribution in [-0.4, -0.2) is 72.6 Å². The molecule has 2 saturated heterocycles. The van der Waals surface area contributed by atoms with Crippen LogP contribution in [0.2, 0.25) is 0 Å². The Labute approximate surface area is 233 Å². The number of fused-ring (bicyclic) bond motifs is 3. The molecule has 3 aliphatic rings. The summed E-state index contributed by atoms with van der Waals surface area (Å²) in [5.41, 5.74) is 10.3. The average Bonchev–Trinajstić information content (AvgIpc) is 3.31. The highest BCUT2D eigenvalue weighted by molar-refractivity contribution is 5.89. The lowest BCUT2D eigenvalue weighted by Gasteiger charge is -2.40. The van der Waals surface area contributed by atoms with E-state index in [1.165, 1.54) is 22.1 Å². The van der Waals surface area contributed by atoms with Crippen molar-refractivity contribution in [3.63, 3.8) is 0 Å². The Balaban J connectivity index is 1.14. The molecule has 2 aromatic carbocycles. The lowest BCUT2D eigenvalue weighted by Crippen LogP contribution is -2.56. The van der Waals surface area contributed by atoms with Gasteiger partial charge in [0.2, 0.25) is 11.8 Å². The number of rotatable bonds is 7. The second-order valence-electron chi connectivity index (χ2n) is 10.7. The Morgan fingerprint density at radius 3 is 2.08 bits per heavy atom. The third kappa shape index (κ3) is 5.46. The van der Waals surface area contributed by atoms with Gasteiger partial charge in [-0.3, -0.25) is 14.4 Å². The number of primary amides is 1. The predicted molar refractivity (Wildman–Crippen MR) is 148 cm³/mol. The second kappa shape index (κ2) is 11.9. The number of amides is 3. The van der Waals surface area contributed by atoms with Gasteiger partial charge in [0, 0.05) is 31.5 Å². The standard InChI is InChI=1S/C31H35N3O6/c1-2-17-39-30(37)21-13-16-34(27(18-21)28(32)35)29(36)20-11-14-33(15-12-20)31(38)40-19-26-24-9-5-3-7-22(24)23-8-4-6-10-25(23)26/h2-10,20-21,26-27H,1,11-19H2,(H2,32,35). The molecule has 9 nitrogen and oxygen atoms in total. The van der Waals surface area contributed by atoms with Crippen LogP contribution in [0.3, 0.4) is 0 Å². The molecule has 1 aliphatic carbocycles. The van der Waals surface area contributed by atoms with E-state index in [-0.39, 0.29) is 50.0 Å². The van der Waals surface area contributed by atoms with Gasteiger partial charge < -0.3 is 25.0 Å². The Morgan fingerprint density at radius 2 is 1.48 bits per heavy atom. The van der Waals surface area contributed by atoms with E-state index in [9.17, 15) is 19.2 Å². The molecule has 2 unspecified atom stereocenters. The van der Waals surface area contributed by atoms with Crippen LogP contribution in [0.5, 0.6) is 0 Å². The zero-order valence-corrected chi connectivity index (χ0v) is 22.5. The van der Waals surface area contributed by atoms with Crippen molar-refractivity contribution in [1.29, 1.82) is 0 Å². The number of nitrogens with zero attached hydrogens (tertiary/aromatic N) is 2. The van der Waals surface area contributed by atoms with Crippen molar-refractivity contribution in [3.8, 4) is 11.1 Å². The minimum atomic E-state index is -0.859. The third-order valence-electron chi connectivity index (χ3n) is 8.33. The molecule has 2 aromatic rings. The molecule has 0 bridgehead atoms. The number of carbonyl (C=O) groups excluding carboxylic acids is 4. The maximum atomic E-state index is 13.4. The highest BCUT2D eigenvalue weighted by Crippen LogP contribution is 2.44. The summed E-state index contributed by atoms with van der Waals surface area (Å²) in [4.78, 5) is 54.0. The summed E-state index contributed by atoms with van der Waals surface area (Å²) in [5.74, 6) is -2.03. The summed E-state index contributed by atoms with van der Waals surface area (Å²) in [5, 5.41) is 0. The van der Waals surface area contributed by atoms with Gasteiger partial charge in [-0.25, -0.2) is 4.79 Å². The molecular formula is C31H35N3O6. The molecule has 0 saturated carbocycles. The van der Waals surface area contributed by atoms with E-state index in [1.54, 1.807) is 4.90 Å². The van der Waals surface area contributed by atoms with Crippen molar-refractivity contribution in [3.05, 3.63) is 72.3 Å². The number of likely N-dealkylation sites (tertiary alicyclic amines) is 2. The molecule has 2 aliphatic heterocycles. The maximum Gasteiger partial charge on any atom is 0.409 e. The Bertz CT molecular complexity index is 1260. The van der Waals surface area contributed by atoms with E-state index in [4.69, 9.17) is 15.2 Å². The molecule has 3 amide bonds. The second-order valence-corrected chi connectivity index (χ2v) is 10.7. The van der Waals surface area contributed by atoms with Crippen LogP contribution in [0.15, 0.2) is 61.2 Å². The van der Waals surface area contributed by atoms with Crippen LogP contribution in [0.25, 0.3) is 11.1 Å². The van der Waals surface area contributed by atoms with Crippen molar-refractivity contribution >= 4 is 23.9 Å². The van der Waals surface area contributed by atoms with Gasteiger partial charge in [0.15, 0.2) is 0 Å². The summed E-state index contributed by atoms with van der Waals surface area (Å²) in [7, 11) is 0. The van der Waals surface area contributed by atoms with Crippen LogP contribution < -0.4 is 5.73 Å². The molecule has 2 N–H and O–H groups in total. The van der Waals surface area contributed by atoms with E-state index in [0.717, 1.165) is 11.1 Å². The zero-order chi connectivity index (χ0) is 28.2. The first kappa shape index (κ1) is 27.4. The van der Waals surface area contributed by atoms with E-state index in [1.807, 2.05) is 24.3 Å². The number of nitrogens with two attached hydrogens (primary N) is 1. The number of esters is 1. The number of hydrogen-bond donors (Lipinski definition) is 1. The summed E-state index contributed by atoms with van der Waals surface area (Å²) in [6.45, 7) is 4.91. The lowest BCUT2D eigenvalue weighted by molar-refractivity contribution is -0.155. The molecule has 40 heavy (non-hydrogen) atoms. The van der Waals surface area contributed by atoms with E-state index >= 15 is 0 Å². The minimum absolute atomic E-state index is 0.0156. The fraction of sp³-hybridized carbons (Fsp3) is 0.419. The molecule has 5 rings (SSSR count). The van der Waals surface area contributed by atoms with E-state index in [0.29, 0.717) is 32.4 Å². The van der Waals surface area contributed by atoms with Crippen molar-refractivity contribution in [2.75, 3.05) is 32.8 Å². The van der Waals surface area contributed by atoms with Crippen LogP contribution in [0, 0.1) is 11.8 Å². The molecule has 2 heterocycles. The first-order valence-electron chi connectivity index (χ1n) is 13.9. The molecule has 0 spiro atoms. The molecule has 2 atom stereocenters. The fourth-order valence-electron chi connectivity index (χ4n) is 6.20.